The van der Waals surface area contributed by atoms with Gasteiger partial charge < -0.3 is 10.4 Å². The highest BCUT2D eigenvalue weighted by Gasteiger charge is 2.55. The van der Waals surface area contributed by atoms with Crippen molar-refractivity contribution in [2.75, 3.05) is 19.6 Å². The Hall–Kier alpha value is -0.750. The highest BCUT2D eigenvalue weighted by Crippen LogP contribution is 2.37. The maximum atomic E-state index is 13.9. The first-order chi connectivity index (χ1) is 8.97. The number of nitrogens with zero attached hydrogens (tertiary/aromatic N) is 1. The van der Waals surface area contributed by atoms with Crippen LogP contribution in [0.25, 0.3) is 0 Å². The van der Waals surface area contributed by atoms with Gasteiger partial charge in [0.1, 0.15) is 0 Å². The van der Waals surface area contributed by atoms with E-state index in [2.05, 4.69) is 5.32 Å². The predicted octanol–water partition coefficient (Wildman–Crippen LogP) is 1.17. The molecule has 0 aromatic carbocycles. The van der Waals surface area contributed by atoms with E-state index in [0.717, 1.165) is 4.90 Å². The van der Waals surface area contributed by atoms with Gasteiger partial charge in [-0.05, 0) is 33.2 Å². The summed E-state index contributed by atoms with van der Waals surface area (Å²) in [6, 6.07) is -1.62. The van der Waals surface area contributed by atoms with Gasteiger partial charge in [0, 0.05) is 15.3 Å². The second-order valence-electron chi connectivity index (χ2n) is 5.70. The molecule has 2 aliphatic rings. The quantitative estimate of drug-likeness (QED) is 0.800. The van der Waals surface area contributed by atoms with Gasteiger partial charge in [0.2, 0.25) is 0 Å². The third kappa shape index (κ3) is 2.36. The molecular weight excluding hydrogens is 242 g/mol. The number of carbonyl (C=O) groups is 1. The Morgan fingerprint density at radius 3 is 2.94 bits per heavy atom. The van der Waals surface area contributed by atoms with Gasteiger partial charge in [-0.15, -0.1) is 0 Å². The van der Waals surface area contributed by atoms with Crippen molar-refractivity contribution in [3.8, 4) is 0 Å². The van der Waals surface area contributed by atoms with Crippen LogP contribution < -0.4 is 5.32 Å². The summed E-state index contributed by atoms with van der Waals surface area (Å²) in [5, 5.41) is 11.8. The fourth-order valence-electron chi connectivity index (χ4n) is 2.45. The zero-order chi connectivity index (χ0) is 15.3. The highest BCUT2D eigenvalue weighted by molar-refractivity contribution is 5.73. The summed E-state index contributed by atoms with van der Waals surface area (Å²) in [6.07, 6.45) is 0.127. The first-order valence-electron chi connectivity index (χ1n) is 7.09. The van der Waals surface area contributed by atoms with Crippen molar-refractivity contribution in [2.45, 2.75) is 44.7 Å². The van der Waals surface area contributed by atoms with Gasteiger partial charge in [0.05, 0.1) is 18.0 Å². The Kier molecular flexibility index (Phi) is 2.73. The Bertz CT molecular complexity index is 418. The third-order valence-corrected chi connectivity index (χ3v) is 3.73. The Labute approximate surface area is 108 Å². The molecule has 4 nitrogen and oxygen atoms in total. The number of aliphatic carboxylic acids is 1. The molecule has 0 saturated carbocycles. The molecule has 2 aliphatic heterocycles. The third-order valence-electron chi connectivity index (χ3n) is 3.73. The van der Waals surface area contributed by atoms with E-state index >= 15 is 0 Å². The van der Waals surface area contributed by atoms with E-state index in [-0.39, 0.29) is 13.0 Å². The number of carboxylic acids is 1. The minimum Gasteiger partial charge on any atom is -0.481 e. The number of carboxylic acid groups (broad SMARTS) is 1. The first-order valence-corrected chi connectivity index (χ1v) is 6.09. The molecule has 2 N–H and O–H groups in total. The molecule has 0 unspecified atom stereocenters. The topological polar surface area (TPSA) is 52.6 Å². The van der Waals surface area contributed by atoms with Crippen LogP contribution in [-0.2, 0) is 4.79 Å². The van der Waals surface area contributed by atoms with Crippen molar-refractivity contribution in [1.82, 2.24) is 10.2 Å². The van der Waals surface area contributed by atoms with Crippen LogP contribution in [0.4, 0.5) is 8.78 Å². The molecule has 0 bridgehead atoms. The van der Waals surface area contributed by atoms with Gasteiger partial charge in [0.25, 0.3) is 5.92 Å². The van der Waals surface area contributed by atoms with Crippen LogP contribution in [0, 0.1) is 5.41 Å². The first kappa shape index (κ1) is 11.1. The predicted molar refractivity (Wildman–Crippen MR) is 62.7 cm³/mol. The van der Waals surface area contributed by atoms with E-state index in [1.54, 1.807) is 0 Å². The number of likely N-dealkylation sites (tertiary alicyclic amines) is 1. The van der Waals surface area contributed by atoms with Crippen LogP contribution in [-0.4, -0.2) is 53.6 Å². The van der Waals surface area contributed by atoms with Gasteiger partial charge in [0.15, 0.2) is 0 Å². The molecule has 104 valence electrons. The lowest BCUT2D eigenvalue weighted by Crippen LogP contribution is -2.46. The smallest absolute Gasteiger partial charge is 0.309 e. The summed E-state index contributed by atoms with van der Waals surface area (Å²) < 4.78 is 43.9. The Morgan fingerprint density at radius 2 is 2.33 bits per heavy atom. The lowest BCUT2D eigenvalue weighted by atomic mass is 9.89. The monoisotopic (exact) mass is 264 g/mol. The minimum absolute atomic E-state index is 0.209. The molecule has 0 aliphatic carbocycles. The van der Waals surface area contributed by atoms with Gasteiger partial charge in [-0.3, -0.25) is 9.69 Å². The highest BCUT2D eigenvalue weighted by atomic mass is 19.3. The minimum atomic E-state index is -2.98. The molecule has 0 amide bonds. The summed E-state index contributed by atoms with van der Waals surface area (Å²) in [6.45, 7) is 0.506. The number of hydrogen-bond donors (Lipinski definition) is 2. The largest absolute Gasteiger partial charge is 0.481 e. The van der Waals surface area contributed by atoms with E-state index in [1.165, 1.54) is 13.8 Å². The van der Waals surface area contributed by atoms with Gasteiger partial charge >= 0.3 is 5.97 Å². The van der Waals surface area contributed by atoms with Gasteiger partial charge in [-0.1, -0.05) is 0 Å². The van der Waals surface area contributed by atoms with Crippen LogP contribution in [0.1, 0.15) is 29.4 Å². The Morgan fingerprint density at radius 1 is 1.67 bits per heavy atom. The lowest BCUT2D eigenvalue weighted by Gasteiger charge is -2.30. The van der Waals surface area contributed by atoms with E-state index in [0.29, 0.717) is 6.42 Å². The van der Waals surface area contributed by atoms with Crippen LogP contribution in [0.2, 0.25) is 0 Å². The molecule has 0 radical (unpaired) electrons. The molecule has 0 aromatic rings. The summed E-state index contributed by atoms with van der Waals surface area (Å²) in [7, 11) is 0. The lowest BCUT2D eigenvalue weighted by molar-refractivity contribution is -0.147. The summed E-state index contributed by atoms with van der Waals surface area (Å²) >= 11 is 0. The SMILES string of the molecule is [2H]C([2H])(CC(C)(C)C(=O)O)N1CC[C@@H]2NCC(F)(F)[C@@H]21. The number of alkyl halides is 2. The molecule has 2 atom stereocenters. The molecule has 2 rings (SSSR count). The van der Waals surface area contributed by atoms with E-state index < -0.39 is 42.4 Å². The van der Waals surface area contributed by atoms with Crippen molar-refractivity contribution in [1.29, 1.82) is 0 Å². The summed E-state index contributed by atoms with van der Waals surface area (Å²) in [5.41, 5.74) is -1.30. The molecule has 0 aromatic heterocycles. The molecule has 0 spiro atoms. The maximum Gasteiger partial charge on any atom is 0.309 e. The van der Waals surface area contributed by atoms with E-state index in [1.807, 2.05) is 0 Å². The number of nitrogens with one attached hydrogen (secondary N) is 1. The van der Waals surface area contributed by atoms with Crippen molar-refractivity contribution >= 4 is 5.97 Å². The average molecular weight is 264 g/mol. The summed E-state index contributed by atoms with van der Waals surface area (Å²) in [4.78, 5) is 12.3. The van der Waals surface area contributed by atoms with Crippen LogP contribution >= 0.6 is 0 Å². The van der Waals surface area contributed by atoms with E-state index in [9.17, 15) is 13.6 Å². The molecule has 2 heterocycles. The second kappa shape index (κ2) is 4.42. The molecule has 2 fully saturated rings. The molecular formula is C12H20F2N2O2. The summed E-state index contributed by atoms with van der Waals surface area (Å²) in [5.74, 6) is -4.12. The number of hydrogen-bond acceptors (Lipinski definition) is 3. The zero-order valence-electron chi connectivity index (χ0n) is 12.5. The fraction of sp³-hybridized carbons (Fsp3) is 0.917. The van der Waals surface area contributed by atoms with Crippen molar-refractivity contribution in [3.05, 3.63) is 0 Å². The van der Waals surface area contributed by atoms with Crippen LogP contribution in [0.3, 0.4) is 0 Å². The normalized spacial score (nSPS) is 34.0. The molecule has 6 heteroatoms. The van der Waals surface area contributed by atoms with Crippen LogP contribution in [0.15, 0.2) is 0 Å². The number of rotatable bonds is 4. The van der Waals surface area contributed by atoms with Crippen LogP contribution in [0.5, 0.6) is 0 Å². The number of halogens is 2. The van der Waals surface area contributed by atoms with Crippen molar-refractivity contribution < 1.29 is 21.4 Å². The van der Waals surface area contributed by atoms with E-state index in [4.69, 9.17) is 7.85 Å². The van der Waals surface area contributed by atoms with Gasteiger partial charge in [-0.25, -0.2) is 8.78 Å². The van der Waals surface area contributed by atoms with Gasteiger partial charge in [-0.2, -0.15) is 0 Å². The van der Waals surface area contributed by atoms with Crippen molar-refractivity contribution in [2.24, 2.45) is 5.41 Å². The number of fused-ring (bicyclic) bond motifs is 1. The second-order valence-corrected chi connectivity index (χ2v) is 5.70. The van der Waals surface area contributed by atoms with Crippen molar-refractivity contribution in [3.63, 3.8) is 0 Å². The maximum absolute atomic E-state index is 13.9. The molecule has 2 saturated heterocycles. The average Bonchev–Trinajstić information content (AvgIpc) is 2.79. The fourth-order valence-corrected chi connectivity index (χ4v) is 2.45. The standard InChI is InChI=1S/C12H20F2N2O2/c1-11(2,10(17)18)4-6-16-5-3-8-9(16)12(13,14)7-15-8/h8-9,15H,3-7H2,1-2H3,(H,17,18)/t8-,9+/m0/s1/i6D2. The zero-order valence-corrected chi connectivity index (χ0v) is 10.5. The Balaban J connectivity index is 2.20. The molecule has 18 heavy (non-hydrogen) atoms.